The largest absolute Gasteiger partial charge is 0.484 e. The van der Waals surface area contributed by atoms with Crippen molar-refractivity contribution in [2.24, 2.45) is 5.92 Å². The molecule has 1 N–H and O–H groups in total. The van der Waals surface area contributed by atoms with E-state index in [1.807, 2.05) is 0 Å². The van der Waals surface area contributed by atoms with E-state index >= 15 is 0 Å². The normalized spacial score (nSPS) is 22.1. The number of benzene rings is 1. The number of urea groups is 1. The van der Waals surface area contributed by atoms with E-state index in [0.717, 1.165) is 12.8 Å². The minimum atomic E-state index is -0.0786. The smallest absolute Gasteiger partial charge is 0.317 e. The molecule has 0 atom stereocenters. The Kier molecular flexibility index (Phi) is 6.79. The number of piperazine rings is 1. The number of nitrogens with zero attached hydrogens (tertiary/aromatic N) is 2. The van der Waals surface area contributed by atoms with Gasteiger partial charge in [-0.25, -0.2) is 4.79 Å². The van der Waals surface area contributed by atoms with Crippen molar-refractivity contribution in [1.29, 1.82) is 0 Å². The molecule has 0 spiro atoms. The lowest BCUT2D eigenvalue weighted by molar-refractivity contribution is -0.134. The van der Waals surface area contributed by atoms with Crippen LogP contribution in [0.1, 0.15) is 12.8 Å². The zero-order chi connectivity index (χ0) is 19.2. The Morgan fingerprint density at radius 1 is 1.11 bits per heavy atom. The predicted octanol–water partition coefficient (Wildman–Crippen LogP) is 2.00. The van der Waals surface area contributed by atoms with E-state index < -0.39 is 0 Å². The summed E-state index contributed by atoms with van der Waals surface area (Å²) in [4.78, 5) is 28.0. The molecule has 8 heteroatoms. The summed E-state index contributed by atoms with van der Waals surface area (Å²) < 4.78 is 10.7. The lowest BCUT2D eigenvalue weighted by atomic mass is 9.82. The molecule has 0 radical (unpaired) electrons. The van der Waals surface area contributed by atoms with Gasteiger partial charge in [0.25, 0.3) is 5.91 Å². The first kappa shape index (κ1) is 19.8. The van der Waals surface area contributed by atoms with Crippen LogP contribution in [0.3, 0.4) is 0 Å². The summed E-state index contributed by atoms with van der Waals surface area (Å²) in [6.45, 7) is 2.77. The van der Waals surface area contributed by atoms with Crippen LogP contribution >= 0.6 is 11.6 Å². The lowest BCUT2D eigenvalue weighted by Gasteiger charge is -2.37. The van der Waals surface area contributed by atoms with Crippen molar-refractivity contribution >= 4 is 23.5 Å². The van der Waals surface area contributed by atoms with Crippen LogP contribution in [0, 0.1) is 5.92 Å². The summed E-state index contributed by atoms with van der Waals surface area (Å²) in [6.07, 6.45) is 2.36. The van der Waals surface area contributed by atoms with Gasteiger partial charge in [0, 0.05) is 44.9 Å². The van der Waals surface area contributed by atoms with Gasteiger partial charge in [0.15, 0.2) is 6.61 Å². The monoisotopic (exact) mass is 395 g/mol. The Labute approximate surface area is 164 Å². The van der Waals surface area contributed by atoms with Gasteiger partial charge in [-0.2, -0.15) is 0 Å². The Bertz CT molecular complexity index is 641. The fourth-order valence-electron chi connectivity index (χ4n) is 3.30. The molecule has 1 saturated carbocycles. The summed E-state index contributed by atoms with van der Waals surface area (Å²) >= 11 is 5.83. The highest BCUT2D eigenvalue weighted by Crippen LogP contribution is 2.28. The Morgan fingerprint density at radius 2 is 1.74 bits per heavy atom. The molecule has 1 aromatic carbocycles. The summed E-state index contributed by atoms with van der Waals surface area (Å²) in [7, 11) is 1.72. The summed E-state index contributed by atoms with van der Waals surface area (Å²) in [5, 5.41) is 3.61. The average Bonchev–Trinajstić information content (AvgIpc) is 2.66. The van der Waals surface area contributed by atoms with E-state index in [9.17, 15) is 9.59 Å². The highest BCUT2D eigenvalue weighted by atomic mass is 35.5. The topological polar surface area (TPSA) is 71.1 Å². The third kappa shape index (κ3) is 5.49. The summed E-state index contributed by atoms with van der Waals surface area (Å²) in [6, 6.07) is 6.85. The van der Waals surface area contributed by atoms with E-state index in [4.69, 9.17) is 21.1 Å². The predicted molar refractivity (Wildman–Crippen MR) is 102 cm³/mol. The number of carbonyl (C=O) groups excluding carboxylic acids is 2. The first-order chi connectivity index (χ1) is 13.0. The van der Waals surface area contributed by atoms with Crippen LogP contribution in [0.25, 0.3) is 0 Å². The lowest BCUT2D eigenvalue weighted by Crippen LogP contribution is -2.54. The van der Waals surface area contributed by atoms with Crippen molar-refractivity contribution < 1.29 is 19.1 Å². The Hall–Kier alpha value is -1.99. The van der Waals surface area contributed by atoms with E-state index in [1.165, 1.54) is 0 Å². The molecule has 0 bridgehead atoms. The Morgan fingerprint density at radius 3 is 2.37 bits per heavy atom. The van der Waals surface area contributed by atoms with Crippen molar-refractivity contribution in [3.63, 3.8) is 0 Å². The quantitative estimate of drug-likeness (QED) is 0.799. The molecule has 1 saturated heterocycles. The van der Waals surface area contributed by atoms with Gasteiger partial charge in [-0.1, -0.05) is 11.6 Å². The SMILES string of the molecule is COC1CC(CNC(=O)N2CCN(C(=O)COc3ccc(Cl)cc3)CC2)C1. The molecule has 7 nitrogen and oxygen atoms in total. The maximum absolute atomic E-state index is 12.3. The molecule has 1 aromatic rings. The van der Waals surface area contributed by atoms with E-state index in [-0.39, 0.29) is 18.5 Å². The number of carbonyl (C=O) groups is 2. The molecule has 27 heavy (non-hydrogen) atoms. The number of halogens is 1. The molecule has 148 valence electrons. The van der Waals surface area contributed by atoms with Crippen molar-refractivity contribution in [3.8, 4) is 5.75 Å². The molecule has 2 aliphatic rings. The number of rotatable bonds is 6. The Balaban J connectivity index is 1.33. The van der Waals surface area contributed by atoms with Crippen molar-refractivity contribution in [2.45, 2.75) is 18.9 Å². The van der Waals surface area contributed by atoms with Crippen molar-refractivity contribution in [2.75, 3.05) is 46.4 Å². The third-order valence-corrected chi connectivity index (χ3v) is 5.42. The van der Waals surface area contributed by atoms with Crippen LogP contribution in [0.2, 0.25) is 5.02 Å². The summed E-state index contributed by atoms with van der Waals surface area (Å²) in [5.41, 5.74) is 0. The van der Waals surface area contributed by atoms with Gasteiger partial charge in [0.1, 0.15) is 5.75 Å². The second kappa shape index (κ2) is 9.28. The van der Waals surface area contributed by atoms with Gasteiger partial charge in [-0.15, -0.1) is 0 Å². The molecule has 1 aliphatic carbocycles. The maximum atomic E-state index is 12.3. The molecule has 2 fully saturated rings. The average molecular weight is 396 g/mol. The van der Waals surface area contributed by atoms with Crippen LogP contribution in [0.5, 0.6) is 5.75 Å². The van der Waals surface area contributed by atoms with Crippen LogP contribution in [-0.2, 0) is 9.53 Å². The van der Waals surface area contributed by atoms with E-state index in [2.05, 4.69) is 5.32 Å². The minimum absolute atomic E-state index is 0.0177. The number of hydrogen-bond acceptors (Lipinski definition) is 4. The highest BCUT2D eigenvalue weighted by molar-refractivity contribution is 6.30. The summed E-state index contributed by atoms with van der Waals surface area (Å²) in [5.74, 6) is 1.04. The van der Waals surface area contributed by atoms with Crippen LogP contribution in [0.15, 0.2) is 24.3 Å². The fraction of sp³-hybridized carbons (Fsp3) is 0.579. The number of methoxy groups -OCH3 is 1. The van der Waals surface area contributed by atoms with Crippen LogP contribution < -0.4 is 10.1 Å². The molecule has 1 aliphatic heterocycles. The van der Waals surface area contributed by atoms with Crippen molar-refractivity contribution in [1.82, 2.24) is 15.1 Å². The molecule has 0 unspecified atom stereocenters. The van der Waals surface area contributed by atoms with Gasteiger partial charge in [0.05, 0.1) is 6.10 Å². The molecule has 3 rings (SSSR count). The second-order valence-corrected chi connectivity index (χ2v) is 7.43. The molecule has 0 aromatic heterocycles. The highest BCUT2D eigenvalue weighted by Gasteiger charge is 2.30. The number of amides is 3. The van der Waals surface area contributed by atoms with Gasteiger partial charge in [-0.05, 0) is 43.0 Å². The first-order valence-corrected chi connectivity index (χ1v) is 9.64. The van der Waals surface area contributed by atoms with Crippen LogP contribution in [0.4, 0.5) is 4.79 Å². The zero-order valence-electron chi connectivity index (χ0n) is 15.5. The number of ether oxygens (including phenoxy) is 2. The van der Waals surface area contributed by atoms with Gasteiger partial charge < -0.3 is 24.6 Å². The number of nitrogens with one attached hydrogen (secondary N) is 1. The van der Waals surface area contributed by atoms with Gasteiger partial charge >= 0.3 is 6.03 Å². The number of hydrogen-bond donors (Lipinski definition) is 1. The molecular formula is C19H26ClN3O4. The molecule has 3 amide bonds. The van der Waals surface area contributed by atoms with Crippen molar-refractivity contribution in [3.05, 3.63) is 29.3 Å². The van der Waals surface area contributed by atoms with E-state index in [0.29, 0.717) is 55.5 Å². The molecule has 1 heterocycles. The fourth-order valence-corrected chi connectivity index (χ4v) is 3.43. The zero-order valence-corrected chi connectivity index (χ0v) is 16.3. The van der Waals surface area contributed by atoms with Gasteiger partial charge in [0.2, 0.25) is 0 Å². The maximum Gasteiger partial charge on any atom is 0.317 e. The first-order valence-electron chi connectivity index (χ1n) is 9.27. The standard InChI is InChI=1S/C19H26ClN3O4/c1-26-17-10-14(11-17)12-21-19(25)23-8-6-22(7-9-23)18(24)13-27-16-4-2-15(20)3-5-16/h2-5,14,17H,6-13H2,1H3,(H,21,25). The second-order valence-electron chi connectivity index (χ2n) is 6.99. The van der Waals surface area contributed by atoms with Gasteiger partial charge in [-0.3, -0.25) is 4.79 Å². The van der Waals surface area contributed by atoms with Crippen LogP contribution in [-0.4, -0.2) is 74.3 Å². The molecular weight excluding hydrogens is 370 g/mol. The minimum Gasteiger partial charge on any atom is -0.484 e. The third-order valence-electron chi connectivity index (χ3n) is 5.16. The van der Waals surface area contributed by atoms with E-state index in [1.54, 1.807) is 41.2 Å².